The smallest absolute Gasteiger partial charge is 0.307 e. The third kappa shape index (κ3) is 3.20. The average Bonchev–Trinajstić information content (AvgIpc) is 2.78. The zero-order chi connectivity index (χ0) is 16.3. The Balaban J connectivity index is 2.34. The molecular weight excluding hydrogens is 355 g/mol. The Labute approximate surface area is 135 Å². The number of rotatable bonds is 5. The Hall–Kier alpha value is -2.14. The number of nitrogens with zero attached hydrogens (tertiary/aromatic N) is 4. The van der Waals surface area contributed by atoms with Crippen LogP contribution in [0.15, 0.2) is 16.6 Å². The first-order valence-corrected chi connectivity index (χ1v) is 7.41. The number of carbonyl (C=O) groups is 1. The van der Waals surface area contributed by atoms with Crippen LogP contribution < -0.4 is 4.90 Å². The molecule has 8 heteroatoms. The molecule has 1 heterocycles. The number of ether oxygens (including phenoxy) is 1. The summed E-state index contributed by atoms with van der Waals surface area (Å²) < 4.78 is 20.5. The van der Waals surface area contributed by atoms with E-state index in [1.807, 2.05) is 6.19 Å². The van der Waals surface area contributed by atoms with E-state index in [4.69, 9.17) is 4.74 Å². The Kier molecular flexibility index (Phi) is 4.98. The normalized spacial score (nSPS) is 10.5. The molecule has 1 aromatic carbocycles. The molecule has 0 bridgehead atoms. The highest BCUT2D eigenvalue weighted by atomic mass is 79.9. The number of esters is 1. The largest absolute Gasteiger partial charge is 0.466 e. The van der Waals surface area contributed by atoms with Crippen LogP contribution in [0.5, 0.6) is 0 Å². The SMILES string of the molecule is CCOC(=O)CCN(C#N)c1nn(C)c2cc(Br)c(F)cc12. The molecule has 2 rings (SSSR count). The van der Waals surface area contributed by atoms with Gasteiger partial charge in [-0.15, -0.1) is 0 Å². The van der Waals surface area contributed by atoms with Gasteiger partial charge in [0.25, 0.3) is 0 Å². The van der Waals surface area contributed by atoms with E-state index in [9.17, 15) is 14.4 Å². The molecule has 0 N–H and O–H groups in total. The van der Waals surface area contributed by atoms with E-state index in [-0.39, 0.29) is 19.6 Å². The lowest BCUT2D eigenvalue weighted by Gasteiger charge is -2.12. The van der Waals surface area contributed by atoms with E-state index in [1.165, 1.54) is 11.0 Å². The maximum Gasteiger partial charge on any atom is 0.307 e. The molecule has 1 aromatic heterocycles. The van der Waals surface area contributed by atoms with Crippen molar-refractivity contribution in [2.75, 3.05) is 18.1 Å². The minimum absolute atomic E-state index is 0.0540. The van der Waals surface area contributed by atoms with Gasteiger partial charge in [-0.3, -0.25) is 14.4 Å². The third-order valence-corrected chi connectivity index (χ3v) is 3.70. The van der Waals surface area contributed by atoms with Crippen molar-refractivity contribution >= 4 is 38.6 Å². The molecule has 0 aliphatic carbocycles. The van der Waals surface area contributed by atoms with E-state index in [1.54, 1.807) is 24.7 Å². The second kappa shape index (κ2) is 6.75. The van der Waals surface area contributed by atoms with Gasteiger partial charge in [-0.05, 0) is 35.0 Å². The summed E-state index contributed by atoms with van der Waals surface area (Å²) in [6.07, 6.45) is 2.02. The van der Waals surface area contributed by atoms with Gasteiger partial charge in [-0.25, -0.2) is 4.39 Å². The second-order valence-electron chi connectivity index (χ2n) is 4.54. The molecule has 0 fully saturated rings. The van der Waals surface area contributed by atoms with Gasteiger partial charge < -0.3 is 4.74 Å². The maximum absolute atomic E-state index is 13.8. The Morgan fingerprint density at radius 1 is 1.59 bits per heavy atom. The van der Waals surface area contributed by atoms with Crippen molar-refractivity contribution in [2.45, 2.75) is 13.3 Å². The monoisotopic (exact) mass is 368 g/mol. The fourth-order valence-corrected chi connectivity index (χ4v) is 2.40. The summed E-state index contributed by atoms with van der Waals surface area (Å²) in [6.45, 7) is 2.13. The van der Waals surface area contributed by atoms with Crippen LogP contribution in [0.1, 0.15) is 13.3 Å². The molecule has 2 aromatic rings. The van der Waals surface area contributed by atoms with Gasteiger partial charge in [0.1, 0.15) is 5.82 Å². The van der Waals surface area contributed by atoms with E-state index < -0.39 is 11.8 Å². The number of anilines is 1. The third-order valence-electron chi connectivity index (χ3n) is 3.09. The van der Waals surface area contributed by atoms with Crippen LogP contribution in [-0.2, 0) is 16.6 Å². The number of hydrogen-bond acceptors (Lipinski definition) is 5. The number of nitriles is 1. The van der Waals surface area contributed by atoms with Crippen molar-refractivity contribution in [1.82, 2.24) is 9.78 Å². The van der Waals surface area contributed by atoms with Crippen molar-refractivity contribution in [3.8, 4) is 6.19 Å². The molecule has 0 unspecified atom stereocenters. The van der Waals surface area contributed by atoms with Crippen LogP contribution in [0.4, 0.5) is 10.2 Å². The summed E-state index contributed by atoms with van der Waals surface area (Å²) in [7, 11) is 1.71. The second-order valence-corrected chi connectivity index (χ2v) is 5.39. The molecule has 6 nitrogen and oxygen atoms in total. The Morgan fingerprint density at radius 2 is 2.32 bits per heavy atom. The van der Waals surface area contributed by atoms with E-state index in [0.29, 0.717) is 21.2 Å². The van der Waals surface area contributed by atoms with Gasteiger partial charge in [0, 0.05) is 19.0 Å². The number of fused-ring (bicyclic) bond motifs is 1. The number of benzene rings is 1. The standard InChI is InChI=1S/C14H14BrFN4O2/c1-3-22-13(21)4-5-20(8-17)14-9-6-11(16)10(15)7-12(9)19(2)18-14/h6-7H,3-5H2,1-2H3. The van der Waals surface area contributed by atoms with Gasteiger partial charge in [-0.1, -0.05) is 0 Å². The molecular formula is C14H14BrFN4O2. The number of aromatic nitrogens is 2. The van der Waals surface area contributed by atoms with Crippen molar-refractivity contribution < 1.29 is 13.9 Å². The van der Waals surface area contributed by atoms with Crippen LogP contribution in [-0.4, -0.2) is 28.9 Å². The van der Waals surface area contributed by atoms with Crippen LogP contribution in [0.2, 0.25) is 0 Å². The summed E-state index contributed by atoms with van der Waals surface area (Å²) in [5, 5.41) is 14.0. The van der Waals surface area contributed by atoms with Crippen LogP contribution in [0.3, 0.4) is 0 Å². The van der Waals surface area contributed by atoms with Gasteiger partial charge in [0.2, 0.25) is 0 Å². The van der Waals surface area contributed by atoms with Gasteiger partial charge in [-0.2, -0.15) is 10.4 Å². The highest BCUT2D eigenvalue weighted by molar-refractivity contribution is 9.10. The van der Waals surface area contributed by atoms with Gasteiger partial charge in [0.05, 0.1) is 23.0 Å². The molecule has 0 spiro atoms. The van der Waals surface area contributed by atoms with Crippen molar-refractivity contribution in [3.05, 3.63) is 22.4 Å². The van der Waals surface area contributed by atoms with E-state index in [0.717, 1.165) is 0 Å². The quantitative estimate of drug-likeness (QED) is 0.461. The fourth-order valence-electron chi connectivity index (χ4n) is 2.07. The topological polar surface area (TPSA) is 71.2 Å². The number of aryl methyl sites for hydroxylation is 1. The number of halogens is 2. The van der Waals surface area contributed by atoms with Crippen LogP contribution in [0, 0.1) is 17.3 Å². The van der Waals surface area contributed by atoms with E-state index >= 15 is 0 Å². The summed E-state index contributed by atoms with van der Waals surface area (Å²) in [5.74, 6) is -0.516. The molecule has 0 saturated heterocycles. The average molecular weight is 369 g/mol. The van der Waals surface area contributed by atoms with Gasteiger partial charge in [0.15, 0.2) is 12.0 Å². The van der Waals surface area contributed by atoms with Crippen LogP contribution >= 0.6 is 15.9 Å². The van der Waals surface area contributed by atoms with Crippen molar-refractivity contribution in [2.24, 2.45) is 7.05 Å². The molecule has 116 valence electrons. The van der Waals surface area contributed by atoms with E-state index in [2.05, 4.69) is 21.0 Å². The first-order valence-electron chi connectivity index (χ1n) is 6.62. The first-order chi connectivity index (χ1) is 10.5. The first kappa shape index (κ1) is 16.2. The molecule has 0 saturated carbocycles. The Morgan fingerprint density at radius 3 is 2.95 bits per heavy atom. The molecule has 0 aliphatic heterocycles. The summed E-state index contributed by atoms with van der Waals surface area (Å²) >= 11 is 3.12. The highest BCUT2D eigenvalue weighted by Gasteiger charge is 2.18. The molecule has 0 amide bonds. The predicted octanol–water partition coefficient (Wildman–Crippen LogP) is 2.72. The molecule has 0 radical (unpaired) electrons. The minimum atomic E-state index is -0.440. The lowest BCUT2D eigenvalue weighted by atomic mass is 10.2. The summed E-state index contributed by atoms with van der Waals surface area (Å²) in [4.78, 5) is 12.7. The molecule has 22 heavy (non-hydrogen) atoms. The summed E-state index contributed by atoms with van der Waals surface area (Å²) in [5.41, 5.74) is 0.680. The predicted molar refractivity (Wildman–Crippen MR) is 82.6 cm³/mol. The fraction of sp³-hybridized carbons (Fsp3) is 0.357. The van der Waals surface area contributed by atoms with Crippen molar-refractivity contribution in [1.29, 1.82) is 5.26 Å². The maximum atomic E-state index is 13.8. The minimum Gasteiger partial charge on any atom is -0.466 e. The number of carbonyl (C=O) groups excluding carboxylic acids is 1. The lowest BCUT2D eigenvalue weighted by molar-refractivity contribution is -0.142. The lowest BCUT2D eigenvalue weighted by Crippen LogP contribution is -2.22. The zero-order valence-electron chi connectivity index (χ0n) is 12.1. The molecule has 0 atom stereocenters. The van der Waals surface area contributed by atoms with Crippen molar-refractivity contribution in [3.63, 3.8) is 0 Å². The summed E-state index contributed by atoms with van der Waals surface area (Å²) in [6, 6.07) is 2.92. The highest BCUT2D eigenvalue weighted by Crippen LogP contribution is 2.30. The zero-order valence-corrected chi connectivity index (χ0v) is 13.7. The number of hydrogen-bond donors (Lipinski definition) is 0. The Bertz CT molecular complexity index is 753. The molecule has 0 aliphatic rings. The van der Waals surface area contributed by atoms with Gasteiger partial charge >= 0.3 is 5.97 Å². The van der Waals surface area contributed by atoms with Crippen LogP contribution in [0.25, 0.3) is 10.9 Å².